The molecule has 1 amide bonds. The van der Waals surface area contributed by atoms with Gasteiger partial charge in [-0.1, -0.05) is 17.7 Å². The Bertz CT molecular complexity index is 515. The average molecular weight is 274 g/mol. The number of carbonyl (C=O) groups excluding carboxylic acids is 1. The van der Waals surface area contributed by atoms with Gasteiger partial charge in [-0.2, -0.15) is 0 Å². The van der Waals surface area contributed by atoms with E-state index in [1.165, 1.54) is 11.1 Å². The highest BCUT2D eigenvalue weighted by Gasteiger charge is 2.34. The van der Waals surface area contributed by atoms with E-state index >= 15 is 0 Å². The van der Waals surface area contributed by atoms with Gasteiger partial charge in [0.05, 0.1) is 6.10 Å². The molecule has 1 aromatic carbocycles. The van der Waals surface area contributed by atoms with Crippen molar-refractivity contribution >= 4 is 11.6 Å². The SMILES string of the molecule is Cc1ccc2c(c1)CCCN2C(=O)C1CCC(CN)O1. The Hall–Kier alpha value is -1.39. The van der Waals surface area contributed by atoms with Gasteiger partial charge in [-0.25, -0.2) is 0 Å². The third-order valence-electron chi connectivity index (χ3n) is 4.27. The third kappa shape index (κ3) is 2.45. The second-order valence-electron chi connectivity index (χ2n) is 5.79. The summed E-state index contributed by atoms with van der Waals surface area (Å²) < 4.78 is 5.75. The van der Waals surface area contributed by atoms with Gasteiger partial charge >= 0.3 is 0 Å². The van der Waals surface area contributed by atoms with Crippen molar-refractivity contribution in [3.63, 3.8) is 0 Å². The van der Waals surface area contributed by atoms with Gasteiger partial charge in [0.25, 0.3) is 5.91 Å². The molecule has 0 bridgehead atoms. The maximum atomic E-state index is 12.7. The Balaban J connectivity index is 1.80. The zero-order chi connectivity index (χ0) is 14.1. The summed E-state index contributed by atoms with van der Waals surface area (Å²) in [6.45, 7) is 3.38. The molecule has 2 unspecified atom stereocenters. The molecule has 0 aliphatic carbocycles. The maximum absolute atomic E-state index is 12.7. The number of hydrogen-bond acceptors (Lipinski definition) is 3. The monoisotopic (exact) mass is 274 g/mol. The number of hydrogen-bond donors (Lipinski definition) is 1. The van der Waals surface area contributed by atoms with Crippen LogP contribution in [0.1, 0.15) is 30.4 Å². The van der Waals surface area contributed by atoms with E-state index < -0.39 is 0 Å². The predicted octanol–water partition coefficient (Wildman–Crippen LogP) is 1.78. The van der Waals surface area contributed by atoms with Crippen LogP contribution in [0.25, 0.3) is 0 Å². The van der Waals surface area contributed by atoms with Crippen molar-refractivity contribution in [2.45, 2.75) is 44.8 Å². The molecule has 2 N–H and O–H groups in total. The van der Waals surface area contributed by atoms with E-state index in [0.717, 1.165) is 37.9 Å². The number of carbonyl (C=O) groups is 1. The van der Waals surface area contributed by atoms with E-state index in [1.807, 2.05) is 4.90 Å². The van der Waals surface area contributed by atoms with Crippen LogP contribution in [0.15, 0.2) is 18.2 Å². The van der Waals surface area contributed by atoms with Crippen molar-refractivity contribution in [1.82, 2.24) is 0 Å². The van der Waals surface area contributed by atoms with Gasteiger partial charge in [-0.15, -0.1) is 0 Å². The van der Waals surface area contributed by atoms with Gasteiger partial charge < -0.3 is 15.4 Å². The largest absolute Gasteiger partial charge is 0.364 e. The molecule has 0 spiro atoms. The quantitative estimate of drug-likeness (QED) is 0.894. The molecule has 0 radical (unpaired) electrons. The molecule has 2 heterocycles. The van der Waals surface area contributed by atoms with Crippen LogP contribution >= 0.6 is 0 Å². The molecule has 20 heavy (non-hydrogen) atoms. The standard InChI is InChI=1S/C16H22N2O2/c1-11-4-6-14-12(9-11)3-2-8-18(14)16(19)15-7-5-13(10-17)20-15/h4,6,9,13,15H,2-3,5,7-8,10,17H2,1H3. The van der Waals surface area contributed by atoms with Crippen molar-refractivity contribution in [1.29, 1.82) is 0 Å². The molecule has 4 nitrogen and oxygen atoms in total. The smallest absolute Gasteiger partial charge is 0.256 e. The second kappa shape index (κ2) is 5.54. The topological polar surface area (TPSA) is 55.6 Å². The second-order valence-corrected chi connectivity index (χ2v) is 5.79. The fourth-order valence-corrected chi connectivity index (χ4v) is 3.19. The zero-order valence-corrected chi connectivity index (χ0v) is 12.0. The first-order valence-electron chi connectivity index (χ1n) is 7.45. The van der Waals surface area contributed by atoms with E-state index in [9.17, 15) is 4.79 Å². The van der Waals surface area contributed by atoms with Crippen molar-refractivity contribution in [3.05, 3.63) is 29.3 Å². The lowest BCUT2D eigenvalue weighted by Gasteiger charge is -2.31. The summed E-state index contributed by atoms with van der Waals surface area (Å²) in [5, 5.41) is 0. The van der Waals surface area contributed by atoms with E-state index in [4.69, 9.17) is 10.5 Å². The van der Waals surface area contributed by atoms with Crippen molar-refractivity contribution in [2.24, 2.45) is 5.73 Å². The number of benzene rings is 1. The minimum Gasteiger partial charge on any atom is -0.364 e. The first-order chi connectivity index (χ1) is 9.69. The fourth-order valence-electron chi connectivity index (χ4n) is 3.19. The Kier molecular flexibility index (Phi) is 3.76. The van der Waals surface area contributed by atoms with E-state index in [-0.39, 0.29) is 18.1 Å². The van der Waals surface area contributed by atoms with Crippen LogP contribution in [0.3, 0.4) is 0 Å². The van der Waals surface area contributed by atoms with Crippen LogP contribution in [0.2, 0.25) is 0 Å². The number of ether oxygens (including phenoxy) is 1. The van der Waals surface area contributed by atoms with Crippen molar-refractivity contribution < 1.29 is 9.53 Å². The van der Waals surface area contributed by atoms with Crippen LogP contribution in [0.4, 0.5) is 5.69 Å². The number of anilines is 1. The lowest BCUT2D eigenvalue weighted by molar-refractivity contribution is -0.129. The third-order valence-corrected chi connectivity index (χ3v) is 4.27. The normalized spacial score (nSPS) is 25.6. The number of fused-ring (bicyclic) bond motifs is 1. The Labute approximate surface area is 119 Å². The Morgan fingerprint density at radius 2 is 2.30 bits per heavy atom. The summed E-state index contributed by atoms with van der Waals surface area (Å²) in [5.41, 5.74) is 9.20. The average Bonchev–Trinajstić information content (AvgIpc) is 2.94. The molecule has 2 aliphatic rings. The van der Waals surface area contributed by atoms with Gasteiger partial charge in [0.1, 0.15) is 6.10 Å². The maximum Gasteiger partial charge on any atom is 0.256 e. The molecule has 0 saturated carbocycles. The zero-order valence-electron chi connectivity index (χ0n) is 12.0. The number of rotatable bonds is 2. The summed E-state index contributed by atoms with van der Waals surface area (Å²) in [4.78, 5) is 14.6. The molecule has 1 aromatic rings. The minimum atomic E-state index is -0.309. The van der Waals surface area contributed by atoms with Crippen LogP contribution < -0.4 is 10.6 Å². The number of aryl methyl sites for hydroxylation is 2. The summed E-state index contributed by atoms with van der Waals surface area (Å²) >= 11 is 0. The van der Waals surface area contributed by atoms with E-state index in [0.29, 0.717) is 6.54 Å². The van der Waals surface area contributed by atoms with E-state index in [2.05, 4.69) is 25.1 Å². The molecule has 1 fully saturated rings. The highest BCUT2D eigenvalue weighted by Crippen LogP contribution is 2.30. The van der Waals surface area contributed by atoms with Crippen LogP contribution in [-0.2, 0) is 16.0 Å². The van der Waals surface area contributed by atoms with Crippen molar-refractivity contribution in [2.75, 3.05) is 18.0 Å². The first-order valence-corrected chi connectivity index (χ1v) is 7.45. The van der Waals surface area contributed by atoms with Gasteiger partial charge in [0.15, 0.2) is 0 Å². The first kappa shape index (κ1) is 13.6. The molecule has 0 aromatic heterocycles. The highest BCUT2D eigenvalue weighted by molar-refractivity contribution is 5.97. The molecule has 3 rings (SSSR count). The minimum absolute atomic E-state index is 0.0474. The lowest BCUT2D eigenvalue weighted by Crippen LogP contribution is -2.42. The molecule has 108 valence electrons. The van der Waals surface area contributed by atoms with Crippen LogP contribution in [0.5, 0.6) is 0 Å². The Morgan fingerprint density at radius 3 is 3.05 bits per heavy atom. The molecule has 4 heteroatoms. The molecule has 2 aliphatic heterocycles. The summed E-state index contributed by atoms with van der Waals surface area (Å²) in [6, 6.07) is 6.33. The number of amides is 1. The molecular weight excluding hydrogens is 252 g/mol. The highest BCUT2D eigenvalue weighted by atomic mass is 16.5. The Morgan fingerprint density at radius 1 is 1.45 bits per heavy atom. The number of nitrogens with zero attached hydrogens (tertiary/aromatic N) is 1. The number of nitrogens with two attached hydrogens (primary N) is 1. The predicted molar refractivity (Wildman–Crippen MR) is 78.8 cm³/mol. The van der Waals surface area contributed by atoms with Gasteiger partial charge in [-0.3, -0.25) is 4.79 Å². The fraction of sp³-hybridized carbons (Fsp3) is 0.562. The molecular formula is C16H22N2O2. The van der Waals surface area contributed by atoms with E-state index in [1.54, 1.807) is 0 Å². The summed E-state index contributed by atoms with van der Waals surface area (Å²) in [5.74, 6) is 0.103. The van der Waals surface area contributed by atoms with Crippen molar-refractivity contribution in [3.8, 4) is 0 Å². The molecule has 2 atom stereocenters. The summed E-state index contributed by atoms with van der Waals surface area (Å²) in [6.07, 6.45) is 3.49. The summed E-state index contributed by atoms with van der Waals surface area (Å²) in [7, 11) is 0. The van der Waals surface area contributed by atoms with Gasteiger partial charge in [-0.05, 0) is 44.2 Å². The lowest BCUT2D eigenvalue weighted by atomic mass is 9.99. The van der Waals surface area contributed by atoms with Gasteiger partial charge in [0.2, 0.25) is 0 Å². The van der Waals surface area contributed by atoms with Crippen LogP contribution in [-0.4, -0.2) is 31.2 Å². The van der Waals surface area contributed by atoms with Gasteiger partial charge in [0, 0.05) is 18.8 Å². The van der Waals surface area contributed by atoms with Crippen LogP contribution in [0, 0.1) is 6.92 Å². The molecule has 1 saturated heterocycles.